The van der Waals surface area contributed by atoms with Gasteiger partial charge in [0.2, 0.25) is 0 Å². The summed E-state index contributed by atoms with van der Waals surface area (Å²) in [4.78, 5) is 61.8. The van der Waals surface area contributed by atoms with Gasteiger partial charge in [-0.2, -0.15) is 0 Å². The molecular formula is C124H84N12. The molecule has 136 heavy (non-hydrogen) atoms. The molecule has 0 aliphatic heterocycles. The van der Waals surface area contributed by atoms with E-state index in [1.165, 1.54) is 122 Å². The van der Waals surface area contributed by atoms with Crippen LogP contribution in [0.2, 0.25) is 0 Å². The summed E-state index contributed by atoms with van der Waals surface area (Å²) in [6, 6.07) is 146. The van der Waals surface area contributed by atoms with Crippen LogP contribution in [0.1, 0.15) is 140 Å². The first kappa shape index (κ1) is 79.7. The first-order chi connectivity index (χ1) is 66.9. The van der Waals surface area contributed by atoms with E-state index in [1.54, 1.807) is 0 Å². The van der Waals surface area contributed by atoms with Crippen molar-refractivity contribution in [1.29, 1.82) is 0 Å². The van der Waals surface area contributed by atoms with Crippen LogP contribution in [0, 0.1) is 0 Å². The molecule has 4 bridgehead atoms. The highest BCUT2D eigenvalue weighted by atomic mass is 15.1. The summed E-state index contributed by atoms with van der Waals surface area (Å²) in [5, 5.41) is 0. The van der Waals surface area contributed by atoms with Gasteiger partial charge in [0.15, 0.2) is 69.9 Å². The first-order valence-electron chi connectivity index (χ1n) is 46.6. The fourth-order valence-corrected chi connectivity index (χ4v) is 22.5. The van der Waals surface area contributed by atoms with Crippen molar-refractivity contribution in [2.24, 2.45) is 0 Å². The maximum atomic E-state index is 5.37. The van der Waals surface area contributed by atoms with Crippen molar-refractivity contribution in [2.75, 3.05) is 0 Å². The van der Waals surface area contributed by atoms with Crippen molar-refractivity contribution >= 4 is 0 Å². The Bertz CT molecular complexity index is 8300. The number of aromatic nitrogens is 12. The summed E-state index contributed by atoms with van der Waals surface area (Å²) in [5.74, 6) is 7.93. The van der Waals surface area contributed by atoms with Crippen LogP contribution in [0.25, 0.3) is 170 Å². The number of fused-ring (bicyclic) bond motifs is 6. The molecule has 17 aromatic carbocycles. The van der Waals surface area contributed by atoms with Crippen LogP contribution in [0.15, 0.2) is 413 Å². The van der Waals surface area contributed by atoms with Gasteiger partial charge >= 0.3 is 0 Å². The van der Waals surface area contributed by atoms with Gasteiger partial charge in [0.1, 0.15) is 0 Å². The van der Waals surface area contributed by atoms with Gasteiger partial charge < -0.3 is 0 Å². The minimum Gasteiger partial charge on any atom is -0.208 e. The molecule has 8 aliphatic rings. The second-order valence-corrected chi connectivity index (χ2v) is 37.2. The van der Waals surface area contributed by atoms with Crippen LogP contribution in [-0.4, -0.2) is 59.8 Å². The molecule has 0 saturated carbocycles. The van der Waals surface area contributed by atoms with Crippen molar-refractivity contribution < 1.29 is 0 Å². The molecule has 12 nitrogen and oxygen atoms in total. The SMILES string of the molecule is CC1(C)c2ccccc2-c2cccc(-c3ccc(-c4nc(-c5ccccc5)nc(-c5ccc6c(c5)C5c7ccccc7C6c6cc(-c7nc(-c8ccccc8)nc(-c8ccccc8)n7)ccc65)n4)cc3)c21.CC1(C)c2ccccc2-c2cccc(-c3nc(-c4ccccc4)nc(-c4ccc5c(c4)C4c6ccccc6C5c5cc(-c6nc(-c7ccccc7)nc(-c7ccccc7)n6)ccc54)n3)c21. The molecule has 12 heteroatoms. The molecule has 0 saturated heterocycles. The Balaban J connectivity index is 0.000000142. The van der Waals surface area contributed by atoms with E-state index in [2.05, 4.69) is 331 Å². The molecule has 21 aromatic rings. The zero-order chi connectivity index (χ0) is 90.4. The van der Waals surface area contributed by atoms with E-state index in [-0.39, 0.29) is 34.5 Å². The lowest BCUT2D eigenvalue weighted by Crippen LogP contribution is -2.27. The Labute approximate surface area is 788 Å². The van der Waals surface area contributed by atoms with E-state index in [0.29, 0.717) is 69.9 Å². The number of hydrogen-bond acceptors (Lipinski definition) is 12. The Morgan fingerprint density at radius 2 is 0.331 bits per heavy atom. The van der Waals surface area contributed by atoms with Gasteiger partial charge in [-0.1, -0.05) is 416 Å². The van der Waals surface area contributed by atoms with E-state index in [4.69, 9.17) is 59.8 Å². The Kier molecular flexibility index (Phi) is 18.6. The molecule has 640 valence electrons. The summed E-state index contributed by atoms with van der Waals surface area (Å²) in [6.45, 7) is 9.31. The molecule has 0 spiro atoms. The Morgan fingerprint density at radius 3 is 0.618 bits per heavy atom. The number of nitrogens with zero attached hydrogens (tertiary/aromatic N) is 12. The zero-order valence-corrected chi connectivity index (χ0v) is 74.9. The lowest BCUT2D eigenvalue weighted by atomic mass is 9.61. The van der Waals surface area contributed by atoms with Crippen molar-refractivity contribution in [3.05, 3.63) is 502 Å². The van der Waals surface area contributed by atoms with Gasteiger partial charge in [-0.3, -0.25) is 0 Å². The standard InChI is InChI=1S/C65H44N6.C59H40N6/c1-65(2)55-28-15-14-23-47(55)52-27-16-26-46(58(52)65)39-29-31-43(32-30-39)62-67-61(42-21-10-5-11-22-42)70-64(71-62)45-34-36-51-54(38-45)57-49-25-13-12-24-48(49)56(51)53-37-44(33-35-50(53)57)63-68-59(40-17-6-3-7-18-40)66-60(69-63)41-19-8-4-9-20-41;1-59(2)49-28-15-14-23-40(49)45-26-16-27-46(52(45)59)58-64-55(37-21-10-5-11-22-37)63-57(65-58)39-30-32-44-48(34-39)51-42-25-13-12-24-41(42)50(44)47-33-38(29-31-43(47)51)56-61-53(35-17-6-3-7-18-35)60-54(62-56)36-19-8-4-9-20-36/h3-38,56-57H,1-2H3;3-34,50-51H,1-2H3. The lowest BCUT2D eigenvalue weighted by Gasteiger charge is -2.42. The lowest BCUT2D eigenvalue weighted by molar-refractivity contribution is 0.661. The molecule has 4 aromatic heterocycles. The minimum absolute atomic E-state index is 0.0213. The number of rotatable bonds is 13. The monoisotopic (exact) mass is 1740 g/mol. The molecular weight excluding hydrogens is 1660 g/mol. The maximum absolute atomic E-state index is 5.37. The van der Waals surface area contributed by atoms with Crippen LogP contribution < -0.4 is 0 Å². The zero-order valence-electron chi connectivity index (χ0n) is 74.9. The van der Waals surface area contributed by atoms with Crippen molar-refractivity contribution in [3.8, 4) is 170 Å². The van der Waals surface area contributed by atoms with E-state index in [1.807, 2.05) is 109 Å². The topological polar surface area (TPSA) is 155 Å². The number of benzene rings is 17. The second-order valence-electron chi connectivity index (χ2n) is 37.2. The average molecular weight is 1740 g/mol. The van der Waals surface area contributed by atoms with E-state index >= 15 is 0 Å². The van der Waals surface area contributed by atoms with Gasteiger partial charge in [0, 0.05) is 101 Å². The van der Waals surface area contributed by atoms with Crippen molar-refractivity contribution in [1.82, 2.24) is 59.8 Å². The summed E-state index contributed by atoms with van der Waals surface area (Å²) in [5.41, 5.74) is 39.7. The fourth-order valence-electron chi connectivity index (χ4n) is 22.5. The van der Waals surface area contributed by atoms with Crippen molar-refractivity contribution in [2.45, 2.75) is 62.2 Å². The van der Waals surface area contributed by atoms with E-state index < -0.39 is 0 Å². The molecule has 4 atom stereocenters. The quantitative estimate of drug-likeness (QED) is 0.108. The second kappa shape index (κ2) is 31.8. The normalized spacial score (nSPS) is 15.5. The molecule has 4 heterocycles. The smallest absolute Gasteiger partial charge is 0.164 e. The molecule has 0 amide bonds. The van der Waals surface area contributed by atoms with Crippen LogP contribution in [0.3, 0.4) is 0 Å². The van der Waals surface area contributed by atoms with Crippen LogP contribution >= 0.6 is 0 Å². The molecule has 29 rings (SSSR count). The third-order valence-electron chi connectivity index (χ3n) is 28.7. The van der Waals surface area contributed by atoms with Crippen LogP contribution in [0.5, 0.6) is 0 Å². The maximum Gasteiger partial charge on any atom is 0.164 e. The van der Waals surface area contributed by atoms with Gasteiger partial charge in [0.05, 0.1) is 0 Å². The van der Waals surface area contributed by atoms with E-state index in [9.17, 15) is 0 Å². The molecule has 4 unspecified atom stereocenters. The first-order valence-corrected chi connectivity index (χ1v) is 46.6. The molecule has 0 N–H and O–H groups in total. The van der Waals surface area contributed by atoms with Crippen LogP contribution in [0.4, 0.5) is 0 Å². The number of hydrogen-bond donors (Lipinski definition) is 0. The van der Waals surface area contributed by atoms with Crippen molar-refractivity contribution in [3.63, 3.8) is 0 Å². The van der Waals surface area contributed by atoms with Gasteiger partial charge in [-0.15, -0.1) is 0 Å². The predicted octanol–water partition coefficient (Wildman–Crippen LogP) is 28.4. The average Bonchev–Trinajstić information content (AvgIpc) is 0.757. The molecule has 0 fully saturated rings. The third kappa shape index (κ3) is 13.2. The molecule has 0 radical (unpaired) electrons. The van der Waals surface area contributed by atoms with Gasteiger partial charge in [-0.05, 0) is 147 Å². The highest BCUT2D eigenvalue weighted by molar-refractivity contribution is 5.91. The summed E-state index contributed by atoms with van der Waals surface area (Å²) < 4.78 is 0. The predicted molar refractivity (Wildman–Crippen MR) is 542 cm³/mol. The summed E-state index contributed by atoms with van der Waals surface area (Å²) >= 11 is 0. The minimum atomic E-state index is -0.230. The largest absolute Gasteiger partial charge is 0.208 e. The Hall–Kier alpha value is -17.2. The van der Waals surface area contributed by atoms with Gasteiger partial charge in [-0.25, -0.2) is 59.8 Å². The van der Waals surface area contributed by atoms with Gasteiger partial charge in [0.25, 0.3) is 0 Å². The van der Waals surface area contributed by atoms with E-state index in [0.717, 1.165) is 66.8 Å². The van der Waals surface area contributed by atoms with Crippen LogP contribution in [-0.2, 0) is 10.8 Å². The highest BCUT2D eigenvalue weighted by Gasteiger charge is 2.46. The fraction of sp³-hybridized carbons (Fsp3) is 0.0806. The summed E-state index contributed by atoms with van der Waals surface area (Å²) in [6.07, 6.45) is 0. The Morgan fingerprint density at radius 1 is 0.140 bits per heavy atom. The highest BCUT2D eigenvalue weighted by Crippen LogP contribution is 2.61. The molecule has 8 aliphatic carbocycles. The summed E-state index contributed by atoms with van der Waals surface area (Å²) in [7, 11) is 0. The third-order valence-corrected chi connectivity index (χ3v) is 28.7.